The molecule has 0 radical (unpaired) electrons. The number of thiocarbonyl (C=S) groups is 1. The number of benzene rings is 2. The molecule has 0 saturated carbocycles. The van der Waals surface area contributed by atoms with Gasteiger partial charge >= 0.3 is 17.1 Å². The molecule has 0 bridgehead atoms. The molecule has 0 aliphatic heterocycles. The zero-order valence-electron chi connectivity index (χ0n) is 12.9. The Morgan fingerprint density at radius 3 is 2.62 bits per heavy atom. The summed E-state index contributed by atoms with van der Waals surface area (Å²) in [5.41, 5.74) is 2.77. The summed E-state index contributed by atoms with van der Waals surface area (Å²) >= 11 is 15.4. The van der Waals surface area contributed by atoms with Gasteiger partial charge in [0, 0.05) is 10.6 Å². The smallest absolute Gasteiger partial charge is 0.753 e. The molecule has 26 heavy (non-hydrogen) atoms. The van der Waals surface area contributed by atoms with Crippen molar-refractivity contribution < 1.29 is 31.7 Å². The first-order chi connectivity index (χ1) is 12.0. The number of rotatable bonds is 5. The maximum Gasteiger partial charge on any atom is 1.00 e. The number of aromatic hydroxyl groups is 1. The van der Waals surface area contributed by atoms with E-state index in [1.54, 1.807) is 30.3 Å². The molecule has 0 atom stereocenters. The minimum Gasteiger partial charge on any atom is -0.753 e. The van der Waals surface area contributed by atoms with Crippen LogP contribution in [0.25, 0.3) is 5.41 Å². The number of hydrogen-bond acceptors (Lipinski definition) is 5. The first-order valence-electron chi connectivity index (χ1n) is 6.67. The number of amides is 1. The van der Waals surface area contributed by atoms with Crippen molar-refractivity contribution >= 4 is 52.7 Å². The molecule has 0 aromatic heterocycles. The Hall–Kier alpha value is -1.92. The van der Waals surface area contributed by atoms with E-state index in [-0.39, 0.29) is 29.4 Å². The van der Waals surface area contributed by atoms with Crippen LogP contribution in [-0.4, -0.2) is 29.0 Å². The Morgan fingerprint density at radius 1 is 1.35 bits per heavy atom. The number of carbonyl (C=O) groups excluding carboxylic acids is 1. The fraction of sp³-hybridized carbons (Fsp3) is 0.0625. The van der Waals surface area contributed by atoms with Gasteiger partial charge in [-0.3, -0.25) is 4.79 Å². The fourth-order valence-electron chi connectivity index (χ4n) is 1.54. The molecule has 0 unspecified atom stereocenters. The molecule has 1 amide bonds. The molecule has 0 heterocycles. The summed E-state index contributed by atoms with van der Waals surface area (Å²) in [5, 5.41) is 22.5. The molecule has 6 nitrogen and oxygen atoms in total. The van der Waals surface area contributed by atoms with Crippen molar-refractivity contribution in [3.05, 3.63) is 63.5 Å². The Labute approximate surface area is 176 Å². The molecule has 0 saturated heterocycles. The van der Waals surface area contributed by atoms with Gasteiger partial charge in [0.15, 0.2) is 6.61 Å². The second-order valence-electron chi connectivity index (χ2n) is 4.31. The van der Waals surface area contributed by atoms with Gasteiger partial charge in [-0.15, -0.1) is 0 Å². The Balaban J connectivity index is 0.00000146. The van der Waals surface area contributed by atoms with Gasteiger partial charge < -0.3 is 15.3 Å². The minimum absolute atomic E-state index is 0. The van der Waals surface area contributed by atoms with E-state index in [4.69, 9.17) is 33.3 Å². The van der Waals surface area contributed by atoms with Crippen molar-refractivity contribution in [3.63, 3.8) is 0 Å². The van der Waals surface area contributed by atoms with Gasteiger partial charge in [0.05, 0.1) is 11.2 Å². The van der Waals surface area contributed by atoms with Crippen LogP contribution in [-0.2, 0) is 21.9 Å². The Morgan fingerprint density at radius 2 is 2.00 bits per heavy atom. The van der Waals surface area contributed by atoms with E-state index in [0.29, 0.717) is 21.4 Å². The third kappa shape index (κ3) is 8.97. The van der Waals surface area contributed by atoms with Crippen LogP contribution in [0.4, 0.5) is 0 Å². The summed E-state index contributed by atoms with van der Waals surface area (Å²) in [6.07, 6.45) is 1.34. The van der Waals surface area contributed by atoms with Crippen LogP contribution in [0.1, 0.15) is 5.56 Å². The number of carbonyl (C=O) groups is 1. The largest absolute Gasteiger partial charge is 1.00 e. The molecule has 0 spiro atoms. The van der Waals surface area contributed by atoms with Gasteiger partial charge in [0.25, 0.3) is 5.91 Å². The molecule has 2 N–H and O–H groups in total. The monoisotopic (exact) mass is 459 g/mol. The van der Waals surface area contributed by atoms with Crippen molar-refractivity contribution in [2.24, 2.45) is 5.10 Å². The number of isothiocyanates is 1. The second-order valence-corrected chi connectivity index (χ2v) is 5.33. The quantitative estimate of drug-likeness (QED) is 0.306. The maximum absolute atomic E-state index is 11.6. The predicted molar refractivity (Wildman–Crippen MR) is 102 cm³/mol. The number of halogens is 2. The number of nitrogens with one attached hydrogen (secondary N) is 1. The third-order valence-corrected chi connectivity index (χ3v) is 3.11. The van der Waals surface area contributed by atoms with Crippen molar-refractivity contribution in [2.45, 2.75) is 0 Å². The second kappa shape index (κ2) is 13.3. The molecule has 10 heteroatoms. The zero-order chi connectivity index (χ0) is 18.7. The van der Waals surface area contributed by atoms with Gasteiger partial charge in [0.2, 0.25) is 0 Å². The average molecular weight is 461 g/mol. The minimum atomic E-state index is -0.460. The summed E-state index contributed by atoms with van der Waals surface area (Å²) in [5.74, 6) is -0.0340. The predicted octanol–water partition coefficient (Wildman–Crippen LogP) is 3.88. The number of hydrazone groups is 1. The normalized spacial score (nSPS) is 9.31. The summed E-state index contributed by atoms with van der Waals surface area (Å²) in [4.78, 5) is 11.6. The van der Waals surface area contributed by atoms with Crippen LogP contribution >= 0.6 is 35.4 Å². The molecule has 0 aliphatic rings. The summed E-state index contributed by atoms with van der Waals surface area (Å²) in [6, 6.07) is 11.3. The molecule has 2 aromatic carbocycles. The standard InChI is InChI=1S/C15H12Cl2N2O3.CNS.Cu/c16-11-5-6-14(12(17)7-11)22-9-15(21)19-18-8-10-3-1-2-4-13(10)20;2-1-3;/h1-8,20H,9H2,(H,19,21);;/q;-1;+1/b18-8+;;. The van der Waals surface area contributed by atoms with Crippen molar-refractivity contribution in [1.82, 2.24) is 5.43 Å². The van der Waals surface area contributed by atoms with Gasteiger partial charge in [-0.25, -0.2) is 5.43 Å². The van der Waals surface area contributed by atoms with Crippen LogP contribution in [0.2, 0.25) is 10.0 Å². The van der Waals surface area contributed by atoms with Crippen LogP contribution in [0.5, 0.6) is 11.5 Å². The van der Waals surface area contributed by atoms with Gasteiger partial charge in [0.1, 0.15) is 11.5 Å². The number of nitrogens with zero attached hydrogens (tertiary/aromatic N) is 2. The zero-order valence-corrected chi connectivity index (χ0v) is 16.2. The van der Waals surface area contributed by atoms with E-state index in [2.05, 4.69) is 22.7 Å². The Kier molecular flexibility index (Phi) is 12.3. The van der Waals surface area contributed by atoms with E-state index >= 15 is 0 Å². The van der Waals surface area contributed by atoms with E-state index < -0.39 is 5.91 Å². The Bertz CT molecular complexity index is 800. The number of phenols is 1. The molecular formula is C16H12Cl2CuN3O3S. The summed E-state index contributed by atoms with van der Waals surface area (Å²) in [7, 11) is 0. The van der Waals surface area contributed by atoms with Crippen LogP contribution < -0.4 is 10.2 Å². The molecule has 0 fully saturated rings. The van der Waals surface area contributed by atoms with Crippen molar-refractivity contribution in [2.75, 3.05) is 6.61 Å². The SMILES string of the molecule is O=C(COc1ccc(Cl)cc1Cl)N/N=C/c1ccccc1O.[Cu+].[N-]=C=S. The van der Waals surface area contributed by atoms with E-state index in [9.17, 15) is 9.90 Å². The number of ether oxygens (including phenoxy) is 1. The molecule has 2 aromatic rings. The van der Waals surface area contributed by atoms with Crippen LogP contribution in [0.3, 0.4) is 0 Å². The molecule has 0 aliphatic carbocycles. The summed E-state index contributed by atoms with van der Waals surface area (Å²) in [6.45, 7) is -0.251. The van der Waals surface area contributed by atoms with Gasteiger partial charge in [-0.2, -0.15) is 10.3 Å². The summed E-state index contributed by atoms with van der Waals surface area (Å²) < 4.78 is 5.25. The third-order valence-electron chi connectivity index (χ3n) is 2.58. The molecular weight excluding hydrogens is 449 g/mol. The van der Waals surface area contributed by atoms with Crippen molar-refractivity contribution in [1.29, 1.82) is 0 Å². The van der Waals surface area contributed by atoms with E-state index in [1.807, 2.05) is 0 Å². The maximum atomic E-state index is 11.6. The van der Waals surface area contributed by atoms with Crippen LogP contribution in [0, 0.1) is 0 Å². The average Bonchev–Trinajstić information content (AvgIpc) is 2.56. The molecule has 140 valence electrons. The number of para-hydroxylation sites is 1. The molecule has 2 rings (SSSR count). The number of phenolic OH excluding ortho intramolecular Hbond substituents is 1. The first kappa shape index (κ1) is 24.1. The van der Waals surface area contributed by atoms with Crippen molar-refractivity contribution in [3.8, 4) is 11.5 Å². The topological polar surface area (TPSA) is 93.2 Å². The van der Waals surface area contributed by atoms with Crippen LogP contribution in [0.15, 0.2) is 47.6 Å². The fourth-order valence-corrected chi connectivity index (χ4v) is 2.00. The van der Waals surface area contributed by atoms with E-state index in [1.165, 1.54) is 23.5 Å². The van der Waals surface area contributed by atoms with E-state index in [0.717, 1.165) is 0 Å². The van der Waals surface area contributed by atoms with Gasteiger partial charge in [-0.05, 0) is 30.3 Å². The first-order valence-corrected chi connectivity index (χ1v) is 7.83. The number of hydrogen-bond donors (Lipinski definition) is 2. The van der Waals surface area contributed by atoms with Gasteiger partial charge in [-0.1, -0.05) is 47.6 Å².